The molecule has 102 valence electrons. The third-order valence-corrected chi connectivity index (χ3v) is 2.65. The van der Waals surface area contributed by atoms with Gasteiger partial charge in [0.2, 0.25) is 0 Å². The largest absolute Gasteiger partial charge is 1.00 e. The van der Waals surface area contributed by atoms with Gasteiger partial charge >= 0.3 is 51.6 Å². The molecule has 6 nitrogen and oxygen atoms in total. The molecular formula is C12H11NaO6S. The van der Waals surface area contributed by atoms with Crippen LogP contribution in [-0.4, -0.2) is 25.5 Å². The first-order chi connectivity index (χ1) is 8.89. The van der Waals surface area contributed by atoms with Crippen LogP contribution in [0.1, 0.15) is 6.99 Å². The van der Waals surface area contributed by atoms with E-state index in [-0.39, 0.29) is 31.0 Å². The maximum atomic E-state index is 11.3. The van der Waals surface area contributed by atoms with Gasteiger partial charge in [0.15, 0.2) is 0 Å². The van der Waals surface area contributed by atoms with E-state index in [2.05, 4.69) is 4.18 Å². The summed E-state index contributed by atoms with van der Waals surface area (Å²) >= 11 is 0. The third kappa shape index (κ3) is 7.90. The second-order valence-corrected chi connectivity index (χ2v) is 4.70. The van der Waals surface area contributed by atoms with Crippen LogP contribution < -0.4 is 29.6 Å². The van der Waals surface area contributed by atoms with Crippen molar-refractivity contribution in [3.8, 4) is 0 Å². The number of aliphatic carboxylic acids is 1. The molecule has 0 fully saturated rings. The molecule has 1 aromatic carbocycles. The van der Waals surface area contributed by atoms with Crippen molar-refractivity contribution in [3.63, 3.8) is 0 Å². The number of benzene rings is 1. The van der Waals surface area contributed by atoms with Crippen molar-refractivity contribution in [2.24, 2.45) is 0 Å². The van der Waals surface area contributed by atoms with Gasteiger partial charge in [-0.25, -0.2) is 9.59 Å². The van der Waals surface area contributed by atoms with Gasteiger partial charge in [-0.05, 0) is 11.6 Å². The van der Waals surface area contributed by atoms with Crippen molar-refractivity contribution < 1.29 is 58.3 Å². The quantitative estimate of drug-likeness (QED) is 0.395. The van der Waals surface area contributed by atoms with Gasteiger partial charge in [-0.1, -0.05) is 30.3 Å². The average Bonchev–Trinajstić information content (AvgIpc) is 2.35. The van der Waals surface area contributed by atoms with Gasteiger partial charge in [-0.2, -0.15) is 8.42 Å². The Morgan fingerprint density at radius 1 is 1.15 bits per heavy atom. The zero-order valence-corrected chi connectivity index (χ0v) is 13.4. The number of hydrogen-bond acceptors (Lipinski definition) is 5. The summed E-state index contributed by atoms with van der Waals surface area (Å²) in [6, 6.07) is 8.53. The topological polar surface area (TPSA) is 97.7 Å². The fourth-order valence-electron chi connectivity index (χ4n) is 1.04. The van der Waals surface area contributed by atoms with Crippen molar-refractivity contribution in [1.82, 2.24) is 0 Å². The van der Waals surface area contributed by atoms with Gasteiger partial charge in [-0.15, -0.1) is 0 Å². The van der Waals surface area contributed by atoms with E-state index < -0.39 is 22.1 Å². The fraction of sp³-hybridized carbons (Fsp3) is 0. The first-order valence-electron chi connectivity index (χ1n) is 5.02. The van der Waals surface area contributed by atoms with Crippen molar-refractivity contribution in [2.75, 3.05) is 0 Å². The summed E-state index contributed by atoms with van der Waals surface area (Å²) in [5, 5.41) is 8.97. The Hall–Kier alpha value is -1.41. The number of rotatable bonds is 5. The van der Waals surface area contributed by atoms with Crippen LogP contribution in [0.15, 0.2) is 47.9 Å². The van der Waals surface area contributed by atoms with E-state index in [1.54, 1.807) is 30.3 Å². The SMILES string of the molecule is O=C(O)/C=C\C(=O)OS(=O)(=O)/C=C\c1ccccc1.[H-].[Na+]. The van der Waals surface area contributed by atoms with Gasteiger partial charge < -0.3 is 10.7 Å². The summed E-state index contributed by atoms with van der Waals surface area (Å²) in [6.07, 6.45) is 2.25. The molecule has 0 bridgehead atoms. The van der Waals surface area contributed by atoms with Crippen molar-refractivity contribution in [2.45, 2.75) is 0 Å². The molecule has 0 unspecified atom stereocenters. The minimum absolute atomic E-state index is 0. The molecule has 1 N–H and O–H groups in total. The second kappa shape index (κ2) is 8.70. The zero-order chi connectivity index (χ0) is 14.3. The summed E-state index contributed by atoms with van der Waals surface area (Å²) in [6.45, 7) is 0. The molecule has 0 aromatic heterocycles. The van der Waals surface area contributed by atoms with Crippen LogP contribution in [0.25, 0.3) is 6.08 Å². The summed E-state index contributed by atoms with van der Waals surface area (Å²) < 4.78 is 26.8. The standard InChI is InChI=1S/C12H10O6S.Na.H/c13-11(14)6-7-12(15)18-19(16,17)9-8-10-4-2-1-3-5-10;;/h1-9H,(H,13,14);;/q;+1;-1/b7-6-,9-8-;;. The molecule has 20 heavy (non-hydrogen) atoms. The molecule has 0 saturated carbocycles. The summed E-state index contributed by atoms with van der Waals surface area (Å²) in [5.74, 6) is -2.66. The molecular weight excluding hydrogens is 295 g/mol. The first-order valence-corrected chi connectivity index (χ1v) is 6.49. The minimum atomic E-state index is -4.20. The van der Waals surface area contributed by atoms with E-state index >= 15 is 0 Å². The molecule has 0 aliphatic heterocycles. The number of hydrogen-bond donors (Lipinski definition) is 1. The van der Waals surface area contributed by atoms with Gasteiger partial charge in [0.25, 0.3) is 0 Å². The van der Waals surface area contributed by atoms with Gasteiger partial charge in [0.1, 0.15) is 0 Å². The molecule has 1 rings (SSSR count). The van der Waals surface area contributed by atoms with Crippen LogP contribution in [0.2, 0.25) is 0 Å². The summed E-state index contributed by atoms with van der Waals surface area (Å²) in [7, 11) is -4.20. The number of carbonyl (C=O) groups excluding carboxylic acids is 1. The maximum Gasteiger partial charge on any atom is 1.00 e. The molecule has 0 saturated heterocycles. The molecule has 0 amide bonds. The average molecular weight is 306 g/mol. The molecule has 0 atom stereocenters. The van der Waals surface area contributed by atoms with Crippen LogP contribution in [0.5, 0.6) is 0 Å². The fourth-order valence-corrected chi connectivity index (χ4v) is 1.70. The molecule has 8 heteroatoms. The van der Waals surface area contributed by atoms with E-state index in [0.717, 1.165) is 5.41 Å². The normalized spacial score (nSPS) is 11.2. The van der Waals surface area contributed by atoms with Crippen LogP contribution in [-0.2, 0) is 23.9 Å². The van der Waals surface area contributed by atoms with Gasteiger partial charge in [-0.3, -0.25) is 0 Å². The predicted octanol–water partition coefficient (Wildman–Crippen LogP) is -1.71. The minimum Gasteiger partial charge on any atom is -1.00 e. The number of carboxylic acid groups (broad SMARTS) is 1. The number of carbonyl (C=O) groups is 2. The molecule has 1 aromatic rings. The molecule has 0 spiro atoms. The zero-order valence-electron chi connectivity index (χ0n) is 11.6. The van der Waals surface area contributed by atoms with E-state index in [9.17, 15) is 18.0 Å². The summed E-state index contributed by atoms with van der Waals surface area (Å²) in [4.78, 5) is 21.1. The van der Waals surface area contributed by atoms with Gasteiger partial charge in [0, 0.05) is 12.2 Å². The maximum absolute atomic E-state index is 11.3. The molecule has 0 aliphatic carbocycles. The molecule has 0 radical (unpaired) electrons. The smallest absolute Gasteiger partial charge is 1.00 e. The Labute approximate surface area is 139 Å². The number of carboxylic acids is 1. The van der Waals surface area contributed by atoms with Crippen LogP contribution >= 0.6 is 0 Å². The molecule has 0 aliphatic rings. The van der Waals surface area contributed by atoms with Crippen LogP contribution in [0.3, 0.4) is 0 Å². The summed E-state index contributed by atoms with van der Waals surface area (Å²) in [5.41, 5.74) is 0.614. The van der Waals surface area contributed by atoms with E-state index in [0.29, 0.717) is 17.7 Å². The van der Waals surface area contributed by atoms with Crippen LogP contribution in [0, 0.1) is 0 Å². The van der Waals surface area contributed by atoms with E-state index in [4.69, 9.17) is 5.11 Å². The Kier molecular flexibility index (Phi) is 8.09. The first kappa shape index (κ1) is 18.6. The van der Waals surface area contributed by atoms with Crippen molar-refractivity contribution in [3.05, 3.63) is 53.5 Å². The molecule has 0 heterocycles. The van der Waals surface area contributed by atoms with Crippen molar-refractivity contribution >= 4 is 28.1 Å². The van der Waals surface area contributed by atoms with E-state index in [1.807, 2.05) is 0 Å². The Morgan fingerprint density at radius 3 is 2.30 bits per heavy atom. The third-order valence-electron chi connectivity index (χ3n) is 1.79. The van der Waals surface area contributed by atoms with Crippen molar-refractivity contribution in [1.29, 1.82) is 0 Å². The predicted molar refractivity (Wildman–Crippen MR) is 68.4 cm³/mol. The monoisotopic (exact) mass is 306 g/mol. The van der Waals surface area contributed by atoms with Crippen LogP contribution in [0.4, 0.5) is 0 Å². The van der Waals surface area contributed by atoms with E-state index in [1.165, 1.54) is 6.08 Å². The Morgan fingerprint density at radius 2 is 1.75 bits per heavy atom. The Bertz CT molecular complexity index is 624. The van der Waals surface area contributed by atoms with Gasteiger partial charge in [0.05, 0.1) is 5.41 Å². The Balaban J connectivity index is 0. The second-order valence-electron chi connectivity index (χ2n) is 3.28.